The van der Waals surface area contributed by atoms with Gasteiger partial charge < -0.3 is 14.8 Å². The minimum Gasteiger partial charge on any atom is -0.378 e. The lowest BCUT2D eigenvalue weighted by molar-refractivity contribution is -0.0895. The van der Waals surface area contributed by atoms with Gasteiger partial charge in [-0.3, -0.25) is 4.68 Å². The highest BCUT2D eigenvalue weighted by Crippen LogP contribution is 2.32. The van der Waals surface area contributed by atoms with Gasteiger partial charge in [-0.1, -0.05) is 0 Å². The summed E-state index contributed by atoms with van der Waals surface area (Å²) in [6.45, 7) is 3.27. The molecule has 3 rings (SSSR count). The molecule has 0 saturated carbocycles. The molecule has 0 amide bonds. The molecule has 3 heterocycles. The van der Waals surface area contributed by atoms with Gasteiger partial charge in [-0.25, -0.2) is 0 Å². The molecule has 1 spiro atoms. The second-order valence-corrected chi connectivity index (χ2v) is 5.39. The van der Waals surface area contributed by atoms with Crippen LogP contribution in [0.1, 0.15) is 25.0 Å². The van der Waals surface area contributed by atoms with E-state index in [1.165, 1.54) is 0 Å². The SMILES string of the molecule is Cn1ccc(CNC2CCOC3(CCOC3)C2)n1. The fraction of sp³-hybridized carbons (Fsp3) is 0.769. The summed E-state index contributed by atoms with van der Waals surface area (Å²) in [7, 11) is 1.95. The van der Waals surface area contributed by atoms with Gasteiger partial charge in [0.2, 0.25) is 0 Å². The van der Waals surface area contributed by atoms with Gasteiger partial charge in [0.15, 0.2) is 0 Å². The summed E-state index contributed by atoms with van der Waals surface area (Å²) in [5.41, 5.74) is 1.08. The number of hydrogen-bond donors (Lipinski definition) is 1. The fourth-order valence-corrected chi connectivity index (χ4v) is 2.87. The lowest BCUT2D eigenvalue weighted by Gasteiger charge is -2.37. The third-order valence-corrected chi connectivity index (χ3v) is 3.90. The first kappa shape index (κ1) is 12.1. The molecule has 100 valence electrons. The topological polar surface area (TPSA) is 48.3 Å². The molecule has 5 nitrogen and oxygen atoms in total. The zero-order valence-electron chi connectivity index (χ0n) is 10.9. The first-order valence-electron chi connectivity index (χ1n) is 6.69. The largest absolute Gasteiger partial charge is 0.378 e. The summed E-state index contributed by atoms with van der Waals surface area (Å²) in [6.07, 6.45) is 5.15. The highest BCUT2D eigenvalue weighted by atomic mass is 16.6. The Hall–Kier alpha value is -0.910. The molecule has 2 saturated heterocycles. The van der Waals surface area contributed by atoms with E-state index in [4.69, 9.17) is 9.47 Å². The van der Waals surface area contributed by atoms with Crippen molar-refractivity contribution >= 4 is 0 Å². The summed E-state index contributed by atoms with van der Waals surface area (Å²) in [5, 5.41) is 7.97. The van der Waals surface area contributed by atoms with E-state index in [1.807, 2.05) is 17.9 Å². The molecule has 2 unspecified atom stereocenters. The highest BCUT2D eigenvalue weighted by Gasteiger charge is 2.40. The molecule has 2 atom stereocenters. The van der Waals surface area contributed by atoms with Crippen LogP contribution in [-0.2, 0) is 23.1 Å². The summed E-state index contributed by atoms with van der Waals surface area (Å²) in [4.78, 5) is 0. The van der Waals surface area contributed by atoms with Gasteiger partial charge in [0.1, 0.15) is 0 Å². The predicted octanol–water partition coefficient (Wildman–Crippen LogP) is 0.848. The van der Waals surface area contributed by atoms with E-state index in [2.05, 4.69) is 16.5 Å². The van der Waals surface area contributed by atoms with E-state index in [-0.39, 0.29) is 5.60 Å². The van der Waals surface area contributed by atoms with Crippen LogP contribution in [0.4, 0.5) is 0 Å². The van der Waals surface area contributed by atoms with Gasteiger partial charge in [0.25, 0.3) is 0 Å². The monoisotopic (exact) mass is 251 g/mol. The molecular formula is C13H21N3O2. The second kappa shape index (κ2) is 4.99. The molecule has 2 aliphatic rings. The van der Waals surface area contributed by atoms with Crippen molar-refractivity contribution in [2.75, 3.05) is 19.8 Å². The molecule has 5 heteroatoms. The average molecular weight is 251 g/mol. The molecule has 1 aromatic rings. The van der Waals surface area contributed by atoms with E-state index >= 15 is 0 Å². The third-order valence-electron chi connectivity index (χ3n) is 3.90. The van der Waals surface area contributed by atoms with E-state index in [1.54, 1.807) is 0 Å². The molecule has 2 aliphatic heterocycles. The van der Waals surface area contributed by atoms with Crippen LogP contribution in [-0.4, -0.2) is 41.2 Å². The Balaban J connectivity index is 1.53. The predicted molar refractivity (Wildman–Crippen MR) is 67.2 cm³/mol. The molecular weight excluding hydrogens is 230 g/mol. The van der Waals surface area contributed by atoms with E-state index in [0.717, 1.165) is 51.3 Å². The van der Waals surface area contributed by atoms with Crippen molar-refractivity contribution < 1.29 is 9.47 Å². The molecule has 0 radical (unpaired) electrons. The van der Waals surface area contributed by atoms with E-state index in [0.29, 0.717) is 6.04 Å². The summed E-state index contributed by atoms with van der Waals surface area (Å²) >= 11 is 0. The van der Waals surface area contributed by atoms with Crippen LogP contribution < -0.4 is 5.32 Å². The standard InChI is InChI=1S/C13H21N3O2/c1-16-5-2-12(15-16)9-14-11-3-6-18-13(8-11)4-7-17-10-13/h2,5,11,14H,3-4,6-10H2,1H3. The van der Waals surface area contributed by atoms with Crippen molar-refractivity contribution in [1.82, 2.24) is 15.1 Å². The van der Waals surface area contributed by atoms with Gasteiger partial charge >= 0.3 is 0 Å². The van der Waals surface area contributed by atoms with Crippen LogP contribution in [0.15, 0.2) is 12.3 Å². The average Bonchev–Trinajstić information content (AvgIpc) is 2.97. The van der Waals surface area contributed by atoms with Crippen molar-refractivity contribution in [3.05, 3.63) is 18.0 Å². The number of nitrogens with one attached hydrogen (secondary N) is 1. The van der Waals surface area contributed by atoms with Crippen LogP contribution >= 0.6 is 0 Å². The van der Waals surface area contributed by atoms with Crippen LogP contribution in [0.3, 0.4) is 0 Å². The number of nitrogens with zero attached hydrogens (tertiary/aromatic N) is 2. The summed E-state index contributed by atoms with van der Waals surface area (Å²) in [6, 6.07) is 2.57. The summed E-state index contributed by atoms with van der Waals surface area (Å²) < 4.78 is 13.3. The number of ether oxygens (including phenoxy) is 2. The zero-order valence-corrected chi connectivity index (χ0v) is 10.9. The van der Waals surface area contributed by atoms with Crippen molar-refractivity contribution in [2.45, 2.75) is 37.5 Å². The van der Waals surface area contributed by atoms with Crippen molar-refractivity contribution in [3.8, 4) is 0 Å². The van der Waals surface area contributed by atoms with Crippen LogP contribution in [0, 0.1) is 0 Å². The van der Waals surface area contributed by atoms with Crippen molar-refractivity contribution in [1.29, 1.82) is 0 Å². The molecule has 2 fully saturated rings. The maximum Gasteiger partial charge on any atom is 0.0951 e. The molecule has 0 bridgehead atoms. The third kappa shape index (κ3) is 2.58. The van der Waals surface area contributed by atoms with E-state index < -0.39 is 0 Å². The lowest BCUT2D eigenvalue weighted by atomic mass is 9.89. The Labute approximate surface area is 107 Å². The number of aryl methyl sites for hydroxylation is 1. The first-order chi connectivity index (χ1) is 8.76. The highest BCUT2D eigenvalue weighted by molar-refractivity contribution is 4.99. The Morgan fingerprint density at radius 3 is 3.22 bits per heavy atom. The Morgan fingerprint density at radius 2 is 2.50 bits per heavy atom. The molecule has 1 aromatic heterocycles. The van der Waals surface area contributed by atoms with Gasteiger partial charge in [-0.05, 0) is 18.9 Å². The Bertz CT molecular complexity index is 399. The zero-order chi connectivity index (χ0) is 12.4. The minimum atomic E-state index is -0.0139. The summed E-state index contributed by atoms with van der Waals surface area (Å²) in [5.74, 6) is 0. The fourth-order valence-electron chi connectivity index (χ4n) is 2.87. The van der Waals surface area contributed by atoms with Crippen LogP contribution in [0.2, 0.25) is 0 Å². The van der Waals surface area contributed by atoms with E-state index in [9.17, 15) is 0 Å². The van der Waals surface area contributed by atoms with Gasteiger partial charge in [0.05, 0.1) is 17.9 Å². The number of aromatic nitrogens is 2. The maximum absolute atomic E-state index is 5.93. The molecule has 0 aliphatic carbocycles. The second-order valence-electron chi connectivity index (χ2n) is 5.39. The lowest BCUT2D eigenvalue weighted by Crippen LogP contribution is -2.47. The molecule has 18 heavy (non-hydrogen) atoms. The normalized spacial score (nSPS) is 32.2. The molecule has 0 aromatic carbocycles. The maximum atomic E-state index is 5.93. The minimum absolute atomic E-state index is 0.0139. The van der Waals surface area contributed by atoms with Gasteiger partial charge in [-0.2, -0.15) is 5.10 Å². The van der Waals surface area contributed by atoms with Crippen molar-refractivity contribution in [3.63, 3.8) is 0 Å². The quantitative estimate of drug-likeness (QED) is 0.865. The first-order valence-corrected chi connectivity index (χ1v) is 6.69. The Morgan fingerprint density at radius 1 is 1.56 bits per heavy atom. The van der Waals surface area contributed by atoms with Crippen LogP contribution in [0.25, 0.3) is 0 Å². The van der Waals surface area contributed by atoms with Gasteiger partial charge in [0, 0.05) is 45.5 Å². The van der Waals surface area contributed by atoms with Crippen LogP contribution in [0.5, 0.6) is 0 Å². The smallest absolute Gasteiger partial charge is 0.0951 e. The van der Waals surface area contributed by atoms with Crippen molar-refractivity contribution in [2.24, 2.45) is 7.05 Å². The number of hydrogen-bond acceptors (Lipinski definition) is 4. The molecule has 1 N–H and O–H groups in total. The van der Waals surface area contributed by atoms with Gasteiger partial charge in [-0.15, -0.1) is 0 Å². The number of rotatable bonds is 3. The Kier molecular flexibility index (Phi) is 3.37.